The molecule has 4 heteroatoms. The zero-order chi connectivity index (χ0) is 10.0. The zero-order valence-electron chi connectivity index (χ0n) is 6.90. The highest BCUT2D eigenvalue weighted by Gasteiger charge is 2.12. The van der Waals surface area contributed by atoms with Crippen molar-refractivity contribution in [1.82, 2.24) is 0 Å². The monoisotopic (exact) mass is 416 g/mol. The fraction of sp³-hybridized carbons (Fsp3) is 0.222. The van der Waals surface area contributed by atoms with Crippen LogP contribution in [0.1, 0.15) is 15.9 Å². The van der Waals surface area contributed by atoms with Gasteiger partial charge in [-0.05, 0) is 47.2 Å². The summed E-state index contributed by atoms with van der Waals surface area (Å²) in [4.78, 5) is 11.5. The van der Waals surface area contributed by atoms with E-state index in [1.54, 1.807) is 0 Å². The van der Waals surface area contributed by atoms with E-state index in [1.165, 1.54) is 0 Å². The van der Waals surface area contributed by atoms with Crippen molar-refractivity contribution in [2.75, 3.05) is 5.33 Å². The molecule has 0 atom stereocenters. The minimum absolute atomic E-state index is 0.134. The molecule has 0 aliphatic heterocycles. The Morgan fingerprint density at radius 1 is 1.54 bits per heavy atom. The molecular weight excluding hydrogens is 411 g/mol. The summed E-state index contributed by atoms with van der Waals surface area (Å²) in [5.41, 5.74) is 1.84. The molecule has 0 radical (unpaired) electrons. The van der Waals surface area contributed by atoms with Gasteiger partial charge in [0, 0.05) is 13.6 Å². The van der Waals surface area contributed by atoms with E-state index in [1.807, 2.05) is 19.1 Å². The number of hydrogen-bond donors (Lipinski definition) is 0. The Bertz CT molecular complexity index is 326. The molecule has 13 heavy (non-hydrogen) atoms. The number of hydrogen-bond acceptors (Lipinski definition) is 1. The first-order chi connectivity index (χ1) is 6.06. The summed E-state index contributed by atoms with van der Waals surface area (Å²) < 4.78 is 2.01. The van der Waals surface area contributed by atoms with E-state index < -0.39 is 0 Å². The predicted molar refractivity (Wildman–Crippen MR) is 69.7 cm³/mol. The maximum atomic E-state index is 11.5. The second-order valence-corrected chi connectivity index (χ2v) is 5.27. The quantitative estimate of drug-likeness (QED) is 0.405. The molecule has 0 aliphatic carbocycles. The molecule has 0 spiro atoms. The van der Waals surface area contributed by atoms with E-state index in [4.69, 9.17) is 0 Å². The van der Waals surface area contributed by atoms with Crippen molar-refractivity contribution in [2.24, 2.45) is 0 Å². The van der Waals surface area contributed by atoms with Gasteiger partial charge >= 0.3 is 0 Å². The first-order valence-electron chi connectivity index (χ1n) is 3.61. The molecule has 0 bridgehead atoms. The molecule has 0 amide bonds. The van der Waals surface area contributed by atoms with E-state index in [0.717, 1.165) is 19.2 Å². The average Bonchev–Trinajstić information content (AvgIpc) is 2.02. The summed E-state index contributed by atoms with van der Waals surface area (Å²) in [7, 11) is 0. The van der Waals surface area contributed by atoms with Crippen LogP contribution in [-0.4, -0.2) is 11.1 Å². The fourth-order valence-corrected chi connectivity index (χ4v) is 3.46. The number of carbonyl (C=O) groups excluding carboxylic acids is 1. The first kappa shape index (κ1) is 11.7. The molecule has 0 heterocycles. The van der Waals surface area contributed by atoms with E-state index >= 15 is 0 Å². The summed E-state index contributed by atoms with van der Waals surface area (Å²) in [6, 6.07) is 3.90. The summed E-state index contributed by atoms with van der Waals surface area (Å²) in [5, 5.41) is 0.380. The van der Waals surface area contributed by atoms with Crippen molar-refractivity contribution in [3.8, 4) is 0 Å². The Labute approximate surface area is 108 Å². The van der Waals surface area contributed by atoms with Gasteiger partial charge in [0.05, 0.1) is 5.33 Å². The Kier molecular flexibility index (Phi) is 4.38. The Hall–Kier alpha value is 0.580. The molecule has 0 aliphatic rings. The summed E-state index contributed by atoms with van der Waals surface area (Å²) in [5.74, 6) is 0.134. The fourth-order valence-electron chi connectivity index (χ4n) is 1.12. The van der Waals surface area contributed by atoms with Crippen LogP contribution in [0.15, 0.2) is 16.6 Å². The molecule has 1 aromatic rings. The molecule has 1 rings (SSSR count). The van der Waals surface area contributed by atoms with Crippen LogP contribution >= 0.6 is 54.5 Å². The Morgan fingerprint density at radius 2 is 2.15 bits per heavy atom. The van der Waals surface area contributed by atoms with Gasteiger partial charge in [-0.1, -0.05) is 31.9 Å². The van der Waals surface area contributed by atoms with E-state index in [2.05, 4.69) is 54.5 Å². The van der Waals surface area contributed by atoms with Crippen molar-refractivity contribution in [3.63, 3.8) is 0 Å². The van der Waals surface area contributed by atoms with Crippen LogP contribution in [0.3, 0.4) is 0 Å². The number of rotatable bonds is 2. The zero-order valence-corrected chi connectivity index (χ0v) is 12.2. The topological polar surface area (TPSA) is 17.1 Å². The van der Waals surface area contributed by atoms with Crippen molar-refractivity contribution in [2.45, 2.75) is 6.92 Å². The lowest BCUT2D eigenvalue weighted by atomic mass is 10.1. The number of benzene rings is 1. The highest BCUT2D eigenvalue weighted by Crippen LogP contribution is 2.23. The Morgan fingerprint density at radius 3 is 2.62 bits per heavy atom. The standard InChI is InChI=1S/C9H7Br2IO/c1-5-2-6(11)3-7(12)9(5)8(13)4-10/h2-3H,4H2,1H3. The van der Waals surface area contributed by atoms with Gasteiger partial charge in [-0.15, -0.1) is 0 Å². The van der Waals surface area contributed by atoms with Crippen LogP contribution in [0.5, 0.6) is 0 Å². The molecule has 70 valence electrons. The molecule has 0 saturated carbocycles. The molecule has 0 N–H and O–H groups in total. The third-order valence-corrected chi connectivity index (χ3v) is 3.47. The third-order valence-electron chi connectivity index (χ3n) is 1.65. The van der Waals surface area contributed by atoms with E-state index in [9.17, 15) is 4.79 Å². The molecule has 1 aromatic carbocycles. The second kappa shape index (κ2) is 4.89. The molecule has 0 unspecified atom stereocenters. The maximum absolute atomic E-state index is 11.5. The molecule has 1 nitrogen and oxygen atoms in total. The lowest BCUT2D eigenvalue weighted by Crippen LogP contribution is -2.05. The van der Waals surface area contributed by atoms with Crippen molar-refractivity contribution < 1.29 is 4.79 Å². The number of Topliss-reactive ketones (excluding diaryl/α,β-unsaturated/α-hetero) is 1. The van der Waals surface area contributed by atoms with Crippen LogP contribution < -0.4 is 0 Å². The third kappa shape index (κ3) is 2.76. The molecule has 0 fully saturated rings. The Balaban J connectivity index is 3.28. The summed E-state index contributed by atoms with van der Waals surface area (Å²) in [6.45, 7) is 1.95. The van der Waals surface area contributed by atoms with Gasteiger partial charge in [-0.25, -0.2) is 0 Å². The molecule has 0 aromatic heterocycles. The van der Waals surface area contributed by atoms with Gasteiger partial charge in [0.25, 0.3) is 0 Å². The lowest BCUT2D eigenvalue weighted by Gasteiger charge is -2.06. The van der Waals surface area contributed by atoms with Gasteiger partial charge in [0.15, 0.2) is 5.78 Å². The van der Waals surface area contributed by atoms with Crippen molar-refractivity contribution in [3.05, 3.63) is 31.3 Å². The number of halogens is 3. The minimum atomic E-state index is 0.134. The largest absolute Gasteiger partial charge is 0.293 e. The number of alkyl halides is 1. The van der Waals surface area contributed by atoms with Crippen LogP contribution in [0.4, 0.5) is 0 Å². The van der Waals surface area contributed by atoms with Gasteiger partial charge in [-0.2, -0.15) is 0 Å². The van der Waals surface area contributed by atoms with Crippen LogP contribution in [0, 0.1) is 10.5 Å². The van der Waals surface area contributed by atoms with Gasteiger partial charge in [0.2, 0.25) is 0 Å². The van der Waals surface area contributed by atoms with Gasteiger partial charge in [-0.3, -0.25) is 4.79 Å². The van der Waals surface area contributed by atoms with E-state index in [-0.39, 0.29) is 5.78 Å². The molecule has 0 saturated heterocycles. The van der Waals surface area contributed by atoms with Gasteiger partial charge in [0.1, 0.15) is 0 Å². The SMILES string of the molecule is Cc1cc(Br)cc(I)c1C(=O)CBr. The van der Waals surface area contributed by atoms with Crippen LogP contribution in [0.2, 0.25) is 0 Å². The van der Waals surface area contributed by atoms with Crippen molar-refractivity contribution >= 4 is 60.2 Å². The average molecular weight is 418 g/mol. The van der Waals surface area contributed by atoms with Crippen molar-refractivity contribution in [1.29, 1.82) is 0 Å². The maximum Gasteiger partial charge on any atom is 0.174 e. The second-order valence-electron chi connectivity index (χ2n) is 2.64. The molecular formula is C9H7Br2IO. The lowest BCUT2D eigenvalue weighted by molar-refractivity contribution is 0.102. The van der Waals surface area contributed by atoms with Gasteiger partial charge < -0.3 is 0 Å². The number of aryl methyl sites for hydroxylation is 1. The smallest absolute Gasteiger partial charge is 0.174 e. The van der Waals surface area contributed by atoms with Crippen LogP contribution in [0.25, 0.3) is 0 Å². The van der Waals surface area contributed by atoms with E-state index in [0.29, 0.717) is 5.33 Å². The highest BCUT2D eigenvalue weighted by molar-refractivity contribution is 14.1. The summed E-state index contributed by atoms with van der Waals surface area (Å²) >= 11 is 8.74. The number of ketones is 1. The highest BCUT2D eigenvalue weighted by atomic mass is 127. The minimum Gasteiger partial charge on any atom is -0.293 e. The predicted octanol–water partition coefficient (Wildman–Crippen LogP) is 3.94. The van der Waals surface area contributed by atoms with Crippen LogP contribution in [-0.2, 0) is 0 Å². The normalized spacial score (nSPS) is 10.2. The summed E-state index contributed by atoms with van der Waals surface area (Å²) in [6.07, 6.45) is 0. The number of carbonyl (C=O) groups is 1. The first-order valence-corrected chi connectivity index (χ1v) is 6.60.